The zero-order valence-electron chi connectivity index (χ0n) is 7.52. The largest absolute Gasteiger partial charge is 0.147 e. The zero-order chi connectivity index (χ0) is 9.47. The van der Waals surface area contributed by atoms with Crippen LogP contribution in [0.15, 0.2) is 15.9 Å². The van der Waals surface area contributed by atoms with E-state index in [9.17, 15) is 0 Å². The van der Waals surface area contributed by atoms with Gasteiger partial charge in [-0.3, -0.25) is 0 Å². The van der Waals surface area contributed by atoms with E-state index in [1.807, 2.05) is 11.3 Å². The fraction of sp³-hybridized carbons (Fsp3) is 0.600. The Morgan fingerprint density at radius 1 is 1.69 bits per heavy atom. The first kappa shape index (κ1) is 10.0. The Bertz CT molecular complexity index is 310. The third kappa shape index (κ3) is 1.81. The number of hydrogen-bond donors (Lipinski definition) is 0. The summed E-state index contributed by atoms with van der Waals surface area (Å²) in [7, 11) is 0. The van der Waals surface area contributed by atoms with Gasteiger partial charge in [0.1, 0.15) is 0 Å². The molecule has 1 aromatic rings. The molecular weight excluding hydrogens is 268 g/mol. The van der Waals surface area contributed by atoms with Gasteiger partial charge in [0.25, 0.3) is 0 Å². The summed E-state index contributed by atoms with van der Waals surface area (Å²) in [6.07, 6.45) is 3.50. The highest BCUT2D eigenvalue weighted by Gasteiger charge is 2.37. The van der Waals surface area contributed by atoms with Gasteiger partial charge in [-0.2, -0.15) is 0 Å². The summed E-state index contributed by atoms with van der Waals surface area (Å²) in [6, 6.07) is 2.13. The lowest BCUT2D eigenvalue weighted by atomic mass is 9.87. The molecule has 3 heteroatoms. The van der Waals surface area contributed by atoms with Crippen LogP contribution in [0.3, 0.4) is 0 Å². The van der Waals surface area contributed by atoms with Crippen LogP contribution in [0.25, 0.3) is 0 Å². The predicted octanol–water partition coefficient (Wildman–Crippen LogP) is 4.56. The second-order valence-corrected chi connectivity index (χ2v) is 6.39. The Labute approximate surface area is 96.4 Å². The quantitative estimate of drug-likeness (QED) is 0.661. The van der Waals surface area contributed by atoms with Crippen molar-refractivity contribution in [3.8, 4) is 0 Å². The molecule has 1 heterocycles. The highest BCUT2D eigenvalue weighted by molar-refractivity contribution is 9.10. The molecule has 0 aromatic carbocycles. The van der Waals surface area contributed by atoms with Crippen LogP contribution >= 0.6 is 38.9 Å². The number of halogens is 2. The molecule has 1 aliphatic carbocycles. The minimum absolute atomic E-state index is 0.319. The van der Waals surface area contributed by atoms with Gasteiger partial charge in [0.05, 0.1) is 0 Å². The van der Waals surface area contributed by atoms with E-state index in [1.54, 1.807) is 0 Å². The number of rotatable bonds is 1. The Morgan fingerprint density at radius 2 is 2.46 bits per heavy atom. The molecule has 1 aromatic heterocycles. The first-order valence-electron chi connectivity index (χ1n) is 4.49. The molecule has 2 rings (SSSR count). The minimum atomic E-state index is 0.319. The molecule has 2 unspecified atom stereocenters. The van der Waals surface area contributed by atoms with E-state index in [4.69, 9.17) is 11.6 Å². The van der Waals surface area contributed by atoms with Crippen LogP contribution < -0.4 is 0 Å². The van der Waals surface area contributed by atoms with Crippen LogP contribution in [-0.2, 0) is 5.41 Å². The van der Waals surface area contributed by atoms with Crippen molar-refractivity contribution >= 4 is 38.9 Å². The second-order valence-electron chi connectivity index (χ2n) is 4.00. The molecule has 1 aliphatic rings. The molecule has 1 fully saturated rings. The molecule has 0 bridgehead atoms. The van der Waals surface area contributed by atoms with Crippen molar-refractivity contribution in [2.24, 2.45) is 0 Å². The maximum Gasteiger partial charge on any atom is 0.0345 e. The van der Waals surface area contributed by atoms with E-state index in [0.717, 1.165) is 12.8 Å². The van der Waals surface area contributed by atoms with Gasteiger partial charge < -0.3 is 0 Å². The molecule has 0 amide bonds. The molecule has 2 atom stereocenters. The SMILES string of the molecule is CC1(c2sccc2Br)CCC(Cl)C1. The van der Waals surface area contributed by atoms with Crippen molar-refractivity contribution in [2.75, 3.05) is 0 Å². The first-order valence-corrected chi connectivity index (χ1v) is 6.60. The third-order valence-corrected chi connectivity index (χ3v) is 5.36. The van der Waals surface area contributed by atoms with Crippen molar-refractivity contribution in [3.63, 3.8) is 0 Å². The summed E-state index contributed by atoms with van der Waals surface area (Å²) in [5.74, 6) is 0. The number of thiophene rings is 1. The molecule has 1 saturated carbocycles. The Morgan fingerprint density at radius 3 is 2.92 bits per heavy atom. The third-order valence-electron chi connectivity index (χ3n) is 2.85. The van der Waals surface area contributed by atoms with Crippen LogP contribution in [0, 0.1) is 0 Å². The second kappa shape index (κ2) is 3.56. The Hall–Kier alpha value is 0.470. The maximum atomic E-state index is 6.16. The van der Waals surface area contributed by atoms with Crippen LogP contribution in [-0.4, -0.2) is 5.38 Å². The number of alkyl halides is 1. The lowest BCUT2D eigenvalue weighted by Gasteiger charge is -2.22. The standard InChI is InChI=1S/C10H12BrClS/c1-10(4-2-7(12)6-10)9-8(11)3-5-13-9/h3,5,7H,2,4,6H2,1H3. The van der Waals surface area contributed by atoms with Crippen molar-refractivity contribution in [1.29, 1.82) is 0 Å². The lowest BCUT2D eigenvalue weighted by molar-refractivity contribution is 0.500. The van der Waals surface area contributed by atoms with Crippen LogP contribution in [0.4, 0.5) is 0 Å². The molecule has 0 nitrogen and oxygen atoms in total. The summed E-state index contributed by atoms with van der Waals surface area (Å²) in [6.45, 7) is 2.33. The molecule has 0 radical (unpaired) electrons. The zero-order valence-corrected chi connectivity index (χ0v) is 10.7. The van der Waals surface area contributed by atoms with Crippen LogP contribution in [0.5, 0.6) is 0 Å². The molecule has 0 N–H and O–H groups in total. The minimum Gasteiger partial charge on any atom is -0.147 e. The van der Waals surface area contributed by atoms with Crippen molar-refractivity contribution in [1.82, 2.24) is 0 Å². The van der Waals surface area contributed by atoms with Crippen LogP contribution in [0.2, 0.25) is 0 Å². The number of hydrogen-bond acceptors (Lipinski definition) is 1. The maximum absolute atomic E-state index is 6.16. The van der Waals surface area contributed by atoms with E-state index in [1.165, 1.54) is 15.8 Å². The van der Waals surface area contributed by atoms with Gasteiger partial charge in [0.15, 0.2) is 0 Å². The topological polar surface area (TPSA) is 0 Å². The highest BCUT2D eigenvalue weighted by atomic mass is 79.9. The van der Waals surface area contributed by atoms with Crippen molar-refractivity contribution < 1.29 is 0 Å². The summed E-state index contributed by atoms with van der Waals surface area (Å²) in [4.78, 5) is 1.47. The summed E-state index contributed by atoms with van der Waals surface area (Å²) >= 11 is 11.6. The van der Waals surface area contributed by atoms with Gasteiger partial charge in [-0.25, -0.2) is 0 Å². The Kier molecular flexibility index (Phi) is 2.74. The van der Waals surface area contributed by atoms with E-state index in [-0.39, 0.29) is 0 Å². The fourth-order valence-corrected chi connectivity index (χ4v) is 4.61. The van der Waals surface area contributed by atoms with Gasteiger partial charge in [-0.05, 0) is 46.6 Å². The fourth-order valence-electron chi connectivity index (χ4n) is 2.10. The molecule has 0 saturated heterocycles. The highest BCUT2D eigenvalue weighted by Crippen LogP contribution is 2.47. The van der Waals surface area contributed by atoms with Gasteiger partial charge in [0, 0.05) is 20.1 Å². The van der Waals surface area contributed by atoms with Gasteiger partial charge >= 0.3 is 0 Å². The Balaban J connectivity index is 2.30. The summed E-state index contributed by atoms with van der Waals surface area (Å²) in [5.41, 5.74) is 0.319. The van der Waals surface area contributed by atoms with E-state index in [2.05, 4.69) is 34.3 Å². The summed E-state index contributed by atoms with van der Waals surface area (Å²) in [5, 5.41) is 2.52. The van der Waals surface area contributed by atoms with Crippen molar-refractivity contribution in [2.45, 2.75) is 37.0 Å². The average Bonchev–Trinajstić information content (AvgIpc) is 2.59. The monoisotopic (exact) mass is 278 g/mol. The predicted molar refractivity (Wildman–Crippen MR) is 62.9 cm³/mol. The van der Waals surface area contributed by atoms with Gasteiger partial charge in [-0.1, -0.05) is 6.92 Å². The van der Waals surface area contributed by atoms with E-state index < -0.39 is 0 Å². The van der Waals surface area contributed by atoms with Gasteiger partial charge in [0.2, 0.25) is 0 Å². The van der Waals surface area contributed by atoms with E-state index >= 15 is 0 Å². The molecule has 13 heavy (non-hydrogen) atoms. The smallest absolute Gasteiger partial charge is 0.0345 e. The molecule has 0 spiro atoms. The van der Waals surface area contributed by atoms with Gasteiger partial charge in [-0.15, -0.1) is 22.9 Å². The first-order chi connectivity index (χ1) is 6.12. The van der Waals surface area contributed by atoms with Crippen LogP contribution in [0.1, 0.15) is 31.1 Å². The average molecular weight is 280 g/mol. The summed E-state index contributed by atoms with van der Waals surface area (Å²) < 4.78 is 1.26. The van der Waals surface area contributed by atoms with Crippen molar-refractivity contribution in [3.05, 3.63) is 20.8 Å². The molecular formula is C10H12BrClS. The normalized spacial score (nSPS) is 33.9. The van der Waals surface area contributed by atoms with E-state index in [0.29, 0.717) is 10.8 Å². The molecule has 72 valence electrons. The lowest BCUT2D eigenvalue weighted by Crippen LogP contribution is -2.16. The molecule has 0 aliphatic heterocycles.